The number of halogens is 3. The van der Waals surface area contributed by atoms with Crippen molar-refractivity contribution in [2.45, 2.75) is 6.18 Å². The van der Waals surface area contributed by atoms with E-state index in [9.17, 15) is 13.2 Å². The summed E-state index contributed by atoms with van der Waals surface area (Å²) in [6, 6.07) is 0. The van der Waals surface area contributed by atoms with Gasteiger partial charge >= 0.3 is 6.18 Å². The quantitative estimate of drug-likeness (QED) is 0.397. The molecule has 0 spiro atoms. The lowest BCUT2D eigenvalue weighted by molar-refractivity contribution is -0.142. The molecule has 5 nitrogen and oxygen atoms in total. The van der Waals surface area contributed by atoms with Crippen LogP contribution in [-0.4, -0.2) is 71.0 Å². The van der Waals surface area contributed by atoms with Crippen LogP contribution in [0, 0.1) is 0 Å². The summed E-state index contributed by atoms with van der Waals surface area (Å²) in [7, 11) is 4.61. The van der Waals surface area contributed by atoms with Gasteiger partial charge in [0.1, 0.15) is 0 Å². The Labute approximate surface area is 105 Å². The van der Waals surface area contributed by atoms with Gasteiger partial charge in [-0.15, -0.1) is 0 Å². The van der Waals surface area contributed by atoms with Crippen molar-refractivity contribution in [3.63, 3.8) is 0 Å². The number of hydrogen-bond acceptors (Lipinski definition) is 3. The molecule has 0 rings (SSSR count). The summed E-state index contributed by atoms with van der Waals surface area (Å²) in [5.41, 5.74) is 0. The lowest BCUT2D eigenvalue weighted by Gasteiger charge is -2.19. The lowest BCUT2D eigenvalue weighted by atomic mass is 10.5. The van der Waals surface area contributed by atoms with E-state index in [2.05, 4.69) is 15.6 Å². The Morgan fingerprint density at radius 2 is 1.89 bits per heavy atom. The van der Waals surface area contributed by atoms with Gasteiger partial charge in [0.15, 0.2) is 5.96 Å². The third-order valence-corrected chi connectivity index (χ3v) is 2.06. The number of aliphatic imine (C=N–C) groups is 1. The topological polar surface area (TPSA) is 48.9 Å². The minimum absolute atomic E-state index is 0.282. The maximum Gasteiger partial charge on any atom is 0.401 e. The van der Waals surface area contributed by atoms with Crippen LogP contribution in [0.25, 0.3) is 0 Å². The fraction of sp³-hybridized carbons (Fsp3) is 0.900. The molecule has 18 heavy (non-hydrogen) atoms. The highest BCUT2D eigenvalue weighted by Crippen LogP contribution is 2.14. The van der Waals surface area contributed by atoms with Crippen LogP contribution in [-0.2, 0) is 4.74 Å². The summed E-state index contributed by atoms with van der Waals surface area (Å²) in [5, 5.41) is 5.88. The van der Waals surface area contributed by atoms with Crippen LogP contribution < -0.4 is 10.6 Å². The van der Waals surface area contributed by atoms with Crippen molar-refractivity contribution < 1.29 is 17.9 Å². The first-order valence-corrected chi connectivity index (χ1v) is 5.58. The molecule has 0 amide bonds. The van der Waals surface area contributed by atoms with Crippen LogP contribution in [0.2, 0.25) is 0 Å². The zero-order valence-corrected chi connectivity index (χ0v) is 11.0. The van der Waals surface area contributed by atoms with Crippen molar-refractivity contribution in [2.75, 3.05) is 54.0 Å². The fourth-order valence-electron chi connectivity index (χ4n) is 1.24. The first kappa shape index (κ1) is 17.0. The monoisotopic (exact) mass is 270 g/mol. The Kier molecular flexibility index (Phi) is 8.47. The molecule has 0 radical (unpaired) electrons. The molecule has 0 fully saturated rings. The molecular weight excluding hydrogens is 249 g/mol. The number of ether oxygens (including phenoxy) is 1. The highest BCUT2D eigenvalue weighted by Gasteiger charge is 2.28. The van der Waals surface area contributed by atoms with Gasteiger partial charge in [0.05, 0.1) is 13.2 Å². The van der Waals surface area contributed by atoms with Crippen molar-refractivity contribution in [1.29, 1.82) is 0 Å². The van der Waals surface area contributed by atoms with E-state index >= 15 is 0 Å². The molecule has 108 valence electrons. The molecule has 0 aromatic rings. The Morgan fingerprint density at radius 1 is 1.28 bits per heavy atom. The molecule has 0 aliphatic rings. The van der Waals surface area contributed by atoms with Crippen molar-refractivity contribution in [1.82, 2.24) is 15.5 Å². The number of methoxy groups -OCH3 is 1. The second-order valence-corrected chi connectivity index (χ2v) is 3.77. The summed E-state index contributed by atoms with van der Waals surface area (Å²) < 4.78 is 41.0. The van der Waals surface area contributed by atoms with Gasteiger partial charge in [-0.3, -0.25) is 9.89 Å². The maximum absolute atomic E-state index is 12.1. The smallest absolute Gasteiger partial charge is 0.383 e. The number of nitrogens with zero attached hydrogens (tertiary/aromatic N) is 2. The van der Waals surface area contributed by atoms with Gasteiger partial charge in [-0.1, -0.05) is 0 Å². The Balaban J connectivity index is 3.74. The van der Waals surface area contributed by atoms with Crippen LogP contribution in [0.5, 0.6) is 0 Å². The molecule has 0 aromatic heterocycles. The second kappa shape index (κ2) is 8.98. The van der Waals surface area contributed by atoms with Crippen molar-refractivity contribution in [3.8, 4) is 0 Å². The molecule has 0 saturated carbocycles. The van der Waals surface area contributed by atoms with E-state index in [0.29, 0.717) is 25.7 Å². The molecule has 8 heteroatoms. The predicted octanol–water partition coefficient (Wildman–Crippen LogP) is 0.292. The van der Waals surface area contributed by atoms with Gasteiger partial charge < -0.3 is 15.4 Å². The average molecular weight is 270 g/mol. The number of guanidine groups is 1. The molecule has 0 aliphatic carbocycles. The summed E-state index contributed by atoms with van der Waals surface area (Å²) in [6.45, 7) is 0.886. The summed E-state index contributed by atoms with van der Waals surface area (Å²) >= 11 is 0. The molecule has 0 unspecified atom stereocenters. The van der Waals surface area contributed by atoms with E-state index in [0.717, 1.165) is 0 Å². The fourth-order valence-corrected chi connectivity index (χ4v) is 1.24. The minimum atomic E-state index is -4.16. The van der Waals surface area contributed by atoms with E-state index in [1.165, 1.54) is 11.9 Å². The summed E-state index contributed by atoms with van der Waals surface area (Å²) in [5.74, 6) is 0.549. The van der Waals surface area contributed by atoms with Crippen molar-refractivity contribution in [2.24, 2.45) is 4.99 Å². The Bertz CT molecular complexity index is 246. The van der Waals surface area contributed by atoms with E-state index in [-0.39, 0.29) is 6.54 Å². The van der Waals surface area contributed by atoms with Gasteiger partial charge in [-0.25, -0.2) is 0 Å². The Morgan fingerprint density at radius 3 is 2.39 bits per heavy atom. The Hall–Kier alpha value is -1.02. The molecular formula is C10H21F3N4O. The molecule has 0 heterocycles. The maximum atomic E-state index is 12.1. The van der Waals surface area contributed by atoms with E-state index in [1.54, 1.807) is 14.2 Å². The third-order valence-electron chi connectivity index (χ3n) is 2.06. The molecule has 0 saturated heterocycles. The van der Waals surface area contributed by atoms with Gasteiger partial charge in [0.2, 0.25) is 0 Å². The summed E-state index contributed by atoms with van der Waals surface area (Å²) in [6.07, 6.45) is -4.16. The number of likely N-dealkylation sites (N-methyl/N-ethyl adjacent to an activating group) is 1. The number of nitrogens with one attached hydrogen (secondary N) is 2. The van der Waals surface area contributed by atoms with Crippen molar-refractivity contribution in [3.05, 3.63) is 0 Å². The summed E-state index contributed by atoms with van der Waals surface area (Å²) in [4.78, 5) is 5.13. The lowest BCUT2D eigenvalue weighted by Crippen LogP contribution is -2.43. The number of hydrogen-bond donors (Lipinski definition) is 2. The van der Waals surface area contributed by atoms with Crippen LogP contribution in [0.15, 0.2) is 4.99 Å². The van der Waals surface area contributed by atoms with Crippen molar-refractivity contribution >= 4 is 5.96 Å². The highest BCUT2D eigenvalue weighted by atomic mass is 19.4. The van der Waals surface area contributed by atoms with Gasteiger partial charge in [0.25, 0.3) is 0 Å². The predicted molar refractivity (Wildman–Crippen MR) is 64.8 cm³/mol. The SMILES string of the molecule is CN=C(NCCOC)NCCN(C)CC(F)(F)F. The molecule has 0 aliphatic heterocycles. The minimum Gasteiger partial charge on any atom is -0.383 e. The first-order valence-electron chi connectivity index (χ1n) is 5.58. The molecule has 2 N–H and O–H groups in total. The first-order chi connectivity index (χ1) is 8.39. The number of rotatable bonds is 7. The van der Waals surface area contributed by atoms with E-state index in [1.807, 2.05) is 0 Å². The normalized spacial score (nSPS) is 12.9. The van der Waals surface area contributed by atoms with E-state index in [4.69, 9.17) is 4.74 Å². The third kappa shape index (κ3) is 10.2. The zero-order valence-electron chi connectivity index (χ0n) is 11.0. The van der Waals surface area contributed by atoms with Gasteiger partial charge in [-0.05, 0) is 7.05 Å². The average Bonchev–Trinajstić information content (AvgIpc) is 2.24. The molecule has 0 bridgehead atoms. The largest absolute Gasteiger partial charge is 0.401 e. The van der Waals surface area contributed by atoms with Gasteiger partial charge in [0, 0.05) is 33.8 Å². The zero-order chi connectivity index (χ0) is 14.0. The van der Waals surface area contributed by atoms with Crippen LogP contribution in [0.4, 0.5) is 13.2 Å². The van der Waals surface area contributed by atoms with Crippen LogP contribution in [0.1, 0.15) is 0 Å². The van der Waals surface area contributed by atoms with E-state index < -0.39 is 12.7 Å². The van der Waals surface area contributed by atoms with Crippen LogP contribution in [0.3, 0.4) is 0 Å². The number of alkyl halides is 3. The second-order valence-electron chi connectivity index (χ2n) is 3.77. The highest BCUT2D eigenvalue weighted by molar-refractivity contribution is 5.79. The van der Waals surface area contributed by atoms with Crippen LogP contribution >= 0.6 is 0 Å². The molecule has 0 atom stereocenters. The van der Waals surface area contributed by atoms with Gasteiger partial charge in [-0.2, -0.15) is 13.2 Å². The standard InChI is InChI=1S/C10H21F3N4O/c1-14-9(16-5-7-18-3)15-4-6-17(2)8-10(11,12)13/h4-8H2,1-3H3,(H2,14,15,16). The molecule has 0 aromatic carbocycles.